The fourth-order valence-corrected chi connectivity index (χ4v) is 2.95. The number of carbonyl (C=O) groups is 2. The Hall–Kier alpha value is -3.45. The molecular formula is C21H17ClFN3O3. The highest BCUT2D eigenvalue weighted by molar-refractivity contribution is 6.31. The van der Waals surface area contributed by atoms with Crippen LogP contribution in [0.25, 0.3) is 0 Å². The van der Waals surface area contributed by atoms with E-state index in [4.69, 9.17) is 11.6 Å². The minimum Gasteiger partial charge on any atom is -0.326 e. The van der Waals surface area contributed by atoms with E-state index in [-0.39, 0.29) is 28.6 Å². The third-order valence-corrected chi connectivity index (χ3v) is 4.43. The number of halogens is 2. The van der Waals surface area contributed by atoms with Crippen LogP contribution >= 0.6 is 11.6 Å². The summed E-state index contributed by atoms with van der Waals surface area (Å²) in [4.78, 5) is 35.9. The first-order valence-electron chi connectivity index (χ1n) is 8.66. The maximum Gasteiger partial charge on any atom is 0.257 e. The molecule has 0 aliphatic carbocycles. The maximum absolute atomic E-state index is 14.0. The van der Waals surface area contributed by atoms with Gasteiger partial charge in [-0.1, -0.05) is 23.7 Å². The van der Waals surface area contributed by atoms with E-state index >= 15 is 0 Å². The molecule has 2 N–H and O–H groups in total. The van der Waals surface area contributed by atoms with Crippen molar-refractivity contribution in [2.45, 2.75) is 13.5 Å². The molecule has 2 aromatic carbocycles. The molecule has 0 spiro atoms. The van der Waals surface area contributed by atoms with E-state index < -0.39 is 17.3 Å². The van der Waals surface area contributed by atoms with E-state index in [1.54, 1.807) is 24.3 Å². The van der Waals surface area contributed by atoms with Crippen LogP contribution in [0.15, 0.2) is 65.6 Å². The summed E-state index contributed by atoms with van der Waals surface area (Å²) in [6.07, 6.45) is 1.35. The van der Waals surface area contributed by atoms with E-state index in [0.29, 0.717) is 11.4 Å². The Labute approximate surface area is 170 Å². The highest BCUT2D eigenvalue weighted by Crippen LogP contribution is 2.20. The van der Waals surface area contributed by atoms with Gasteiger partial charge in [-0.05, 0) is 36.4 Å². The first-order valence-corrected chi connectivity index (χ1v) is 9.03. The van der Waals surface area contributed by atoms with Gasteiger partial charge in [0.05, 0.1) is 12.1 Å². The summed E-state index contributed by atoms with van der Waals surface area (Å²) in [7, 11) is 0. The van der Waals surface area contributed by atoms with Crippen molar-refractivity contribution in [3.63, 3.8) is 0 Å². The van der Waals surface area contributed by atoms with Gasteiger partial charge in [0.15, 0.2) is 0 Å². The van der Waals surface area contributed by atoms with Crippen LogP contribution in [0, 0.1) is 5.82 Å². The summed E-state index contributed by atoms with van der Waals surface area (Å²) >= 11 is 6.03. The number of carbonyl (C=O) groups excluding carboxylic acids is 2. The van der Waals surface area contributed by atoms with Crippen molar-refractivity contribution >= 4 is 34.8 Å². The zero-order valence-corrected chi connectivity index (χ0v) is 16.2. The van der Waals surface area contributed by atoms with Crippen molar-refractivity contribution in [3.05, 3.63) is 93.1 Å². The number of amides is 2. The number of nitrogens with zero attached hydrogens (tertiary/aromatic N) is 1. The SMILES string of the molecule is CC(=O)Nc1cccc(NC(=O)c2ccc(=O)n(Cc3c(F)cccc3Cl)c2)c1. The van der Waals surface area contributed by atoms with Gasteiger partial charge in [-0.25, -0.2) is 4.39 Å². The van der Waals surface area contributed by atoms with Gasteiger partial charge < -0.3 is 15.2 Å². The lowest BCUT2D eigenvalue weighted by molar-refractivity contribution is -0.114. The predicted octanol–water partition coefficient (Wildman–Crippen LogP) is 3.90. The second-order valence-corrected chi connectivity index (χ2v) is 6.71. The summed E-state index contributed by atoms with van der Waals surface area (Å²) in [6, 6.07) is 13.5. The van der Waals surface area contributed by atoms with Crippen LogP contribution < -0.4 is 16.2 Å². The lowest BCUT2D eigenvalue weighted by Crippen LogP contribution is -2.23. The third-order valence-electron chi connectivity index (χ3n) is 4.08. The number of rotatable bonds is 5. The number of anilines is 2. The third kappa shape index (κ3) is 5.08. The van der Waals surface area contributed by atoms with Crippen LogP contribution in [0.4, 0.5) is 15.8 Å². The molecule has 29 heavy (non-hydrogen) atoms. The molecule has 0 radical (unpaired) electrons. The Morgan fingerprint density at radius 3 is 2.41 bits per heavy atom. The van der Waals surface area contributed by atoms with Crippen LogP contribution in [0.3, 0.4) is 0 Å². The Balaban J connectivity index is 1.83. The van der Waals surface area contributed by atoms with Gasteiger partial charge in [0.25, 0.3) is 11.5 Å². The molecule has 148 valence electrons. The van der Waals surface area contributed by atoms with E-state index in [1.807, 2.05) is 0 Å². The largest absolute Gasteiger partial charge is 0.326 e. The standard InChI is InChI=1S/C21H17ClFN3O3/c1-13(27)24-15-4-2-5-16(10-15)25-21(29)14-8-9-20(28)26(11-14)12-17-18(22)6-3-7-19(17)23/h2-11H,12H2,1H3,(H,24,27)(H,25,29). The molecule has 8 heteroatoms. The maximum atomic E-state index is 14.0. The number of benzene rings is 2. The molecule has 1 aromatic heterocycles. The average Bonchev–Trinajstić information content (AvgIpc) is 2.66. The van der Waals surface area contributed by atoms with Crippen molar-refractivity contribution in [2.24, 2.45) is 0 Å². The van der Waals surface area contributed by atoms with Gasteiger partial charge in [-0.15, -0.1) is 0 Å². The number of nitrogens with one attached hydrogen (secondary N) is 2. The molecule has 6 nitrogen and oxygen atoms in total. The number of hydrogen-bond donors (Lipinski definition) is 2. The van der Waals surface area contributed by atoms with Crippen molar-refractivity contribution in [2.75, 3.05) is 10.6 Å². The highest BCUT2D eigenvalue weighted by atomic mass is 35.5. The van der Waals surface area contributed by atoms with E-state index in [9.17, 15) is 18.8 Å². The van der Waals surface area contributed by atoms with Crippen molar-refractivity contribution in [3.8, 4) is 0 Å². The summed E-state index contributed by atoms with van der Waals surface area (Å²) in [5, 5.41) is 5.52. The van der Waals surface area contributed by atoms with Crippen LogP contribution in [-0.4, -0.2) is 16.4 Å². The van der Waals surface area contributed by atoms with Gasteiger partial charge in [0, 0.05) is 41.1 Å². The number of pyridine rings is 1. The van der Waals surface area contributed by atoms with Crippen LogP contribution in [0.1, 0.15) is 22.8 Å². The van der Waals surface area contributed by atoms with E-state index in [1.165, 1.54) is 48.0 Å². The van der Waals surface area contributed by atoms with E-state index in [0.717, 1.165) is 0 Å². The molecule has 0 aliphatic heterocycles. The zero-order chi connectivity index (χ0) is 21.0. The smallest absolute Gasteiger partial charge is 0.257 e. The molecule has 0 bridgehead atoms. The molecule has 2 amide bonds. The fourth-order valence-electron chi connectivity index (χ4n) is 2.72. The molecule has 0 saturated heterocycles. The first-order chi connectivity index (χ1) is 13.8. The highest BCUT2D eigenvalue weighted by Gasteiger charge is 2.12. The minimum absolute atomic E-state index is 0.108. The summed E-state index contributed by atoms with van der Waals surface area (Å²) in [5.41, 5.74) is 0.984. The molecule has 1 heterocycles. The Bertz CT molecular complexity index is 1120. The molecule has 0 fully saturated rings. The molecule has 3 rings (SSSR count). The van der Waals surface area contributed by atoms with Crippen molar-refractivity contribution in [1.29, 1.82) is 0 Å². The Kier molecular flexibility index (Phi) is 6.09. The van der Waals surface area contributed by atoms with Gasteiger partial charge in [0.1, 0.15) is 5.82 Å². The topological polar surface area (TPSA) is 80.2 Å². The fraction of sp³-hybridized carbons (Fsp3) is 0.0952. The van der Waals surface area contributed by atoms with Crippen LogP contribution in [0.2, 0.25) is 5.02 Å². The minimum atomic E-state index is -0.533. The van der Waals surface area contributed by atoms with Crippen molar-refractivity contribution in [1.82, 2.24) is 4.57 Å². The summed E-state index contributed by atoms with van der Waals surface area (Å²) in [6.45, 7) is 1.28. The van der Waals surface area contributed by atoms with Gasteiger partial charge in [-0.3, -0.25) is 14.4 Å². The van der Waals surface area contributed by atoms with Crippen LogP contribution in [-0.2, 0) is 11.3 Å². The van der Waals surface area contributed by atoms with Gasteiger partial charge >= 0.3 is 0 Å². The summed E-state index contributed by atoms with van der Waals surface area (Å²) < 4.78 is 15.2. The summed E-state index contributed by atoms with van der Waals surface area (Å²) in [5.74, 6) is -1.22. The van der Waals surface area contributed by atoms with Gasteiger partial charge in [0.2, 0.25) is 5.91 Å². The second kappa shape index (κ2) is 8.70. The first kappa shape index (κ1) is 20.3. The Morgan fingerprint density at radius 1 is 1.03 bits per heavy atom. The van der Waals surface area contributed by atoms with Crippen molar-refractivity contribution < 1.29 is 14.0 Å². The zero-order valence-electron chi connectivity index (χ0n) is 15.4. The van der Waals surface area contributed by atoms with E-state index in [2.05, 4.69) is 10.6 Å². The molecule has 0 saturated carbocycles. The quantitative estimate of drug-likeness (QED) is 0.665. The predicted molar refractivity (Wildman–Crippen MR) is 110 cm³/mol. The van der Waals surface area contributed by atoms with Gasteiger partial charge in [-0.2, -0.15) is 0 Å². The normalized spacial score (nSPS) is 10.4. The lowest BCUT2D eigenvalue weighted by atomic mass is 10.2. The number of aromatic nitrogens is 1. The monoisotopic (exact) mass is 413 g/mol. The molecule has 0 unspecified atom stereocenters. The second-order valence-electron chi connectivity index (χ2n) is 6.30. The number of hydrogen-bond acceptors (Lipinski definition) is 3. The average molecular weight is 414 g/mol. The molecule has 0 aliphatic rings. The molecular weight excluding hydrogens is 397 g/mol. The Morgan fingerprint density at radius 2 is 1.72 bits per heavy atom. The molecule has 0 atom stereocenters. The molecule has 3 aromatic rings. The lowest BCUT2D eigenvalue weighted by Gasteiger charge is -2.11. The van der Waals surface area contributed by atoms with Crippen LogP contribution in [0.5, 0.6) is 0 Å².